The Hall–Kier alpha value is -1.47. The van der Waals surface area contributed by atoms with Crippen molar-refractivity contribution in [1.82, 2.24) is 25.0 Å². The van der Waals surface area contributed by atoms with Crippen molar-refractivity contribution in [1.29, 1.82) is 0 Å². The maximum absolute atomic E-state index is 12.1. The van der Waals surface area contributed by atoms with Crippen LogP contribution in [0.4, 0.5) is 0 Å². The van der Waals surface area contributed by atoms with E-state index in [-0.39, 0.29) is 17.8 Å². The number of H-pyrrole nitrogens is 1. The molecule has 88 valence electrons. The molecule has 1 unspecified atom stereocenters. The molecule has 1 amide bonds. The molecular formula is C9H16N6O. The summed E-state index contributed by atoms with van der Waals surface area (Å²) in [5, 5.41) is 6.26. The molecule has 0 aromatic carbocycles. The SMILES string of the molecule is CN1CCN(C(=O)c2ncn[nH]2)C(CN)C1. The number of carbonyl (C=O) groups is 1. The van der Waals surface area contributed by atoms with Crippen LogP contribution >= 0.6 is 0 Å². The van der Waals surface area contributed by atoms with Gasteiger partial charge in [-0.1, -0.05) is 0 Å². The molecule has 1 aliphatic rings. The molecular weight excluding hydrogens is 208 g/mol. The van der Waals surface area contributed by atoms with Crippen LogP contribution in [0.1, 0.15) is 10.6 Å². The van der Waals surface area contributed by atoms with Gasteiger partial charge in [-0.25, -0.2) is 4.98 Å². The summed E-state index contributed by atoms with van der Waals surface area (Å²) in [6.45, 7) is 2.80. The maximum Gasteiger partial charge on any atom is 0.291 e. The van der Waals surface area contributed by atoms with E-state index in [0.29, 0.717) is 13.1 Å². The Kier molecular flexibility index (Phi) is 3.16. The number of aromatic nitrogens is 3. The molecule has 1 aliphatic heterocycles. The van der Waals surface area contributed by atoms with E-state index >= 15 is 0 Å². The van der Waals surface area contributed by atoms with Crippen LogP contribution in [0.5, 0.6) is 0 Å². The fourth-order valence-electron chi connectivity index (χ4n) is 1.92. The van der Waals surface area contributed by atoms with E-state index in [9.17, 15) is 4.79 Å². The van der Waals surface area contributed by atoms with Crippen LogP contribution in [0.2, 0.25) is 0 Å². The molecule has 3 N–H and O–H groups in total. The Morgan fingerprint density at radius 1 is 1.69 bits per heavy atom. The lowest BCUT2D eigenvalue weighted by molar-refractivity contribution is 0.0504. The minimum absolute atomic E-state index is 0.0522. The van der Waals surface area contributed by atoms with Gasteiger partial charge in [-0.2, -0.15) is 5.10 Å². The first-order valence-corrected chi connectivity index (χ1v) is 5.27. The van der Waals surface area contributed by atoms with Crippen molar-refractivity contribution >= 4 is 5.91 Å². The molecule has 1 aromatic heterocycles. The van der Waals surface area contributed by atoms with E-state index in [1.165, 1.54) is 6.33 Å². The van der Waals surface area contributed by atoms with Crippen molar-refractivity contribution in [2.45, 2.75) is 6.04 Å². The van der Waals surface area contributed by atoms with Gasteiger partial charge in [0.25, 0.3) is 5.91 Å². The Bertz CT molecular complexity index is 351. The minimum Gasteiger partial charge on any atom is -0.329 e. The Balaban J connectivity index is 2.10. The zero-order chi connectivity index (χ0) is 11.5. The van der Waals surface area contributed by atoms with E-state index in [2.05, 4.69) is 20.1 Å². The maximum atomic E-state index is 12.1. The number of aromatic amines is 1. The average Bonchev–Trinajstić information content (AvgIpc) is 2.81. The van der Waals surface area contributed by atoms with E-state index < -0.39 is 0 Å². The van der Waals surface area contributed by atoms with Crippen LogP contribution < -0.4 is 5.73 Å². The summed E-state index contributed by atoms with van der Waals surface area (Å²) < 4.78 is 0. The third-order valence-electron chi connectivity index (χ3n) is 2.84. The summed E-state index contributed by atoms with van der Waals surface area (Å²) in [5.41, 5.74) is 5.68. The zero-order valence-corrected chi connectivity index (χ0v) is 9.26. The van der Waals surface area contributed by atoms with Crippen LogP contribution in [0.3, 0.4) is 0 Å². The highest BCUT2D eigenvalue weighted by Crippen LogP contribution is 2.10. The predicted molar refractivity (Wildman–Crippen MR) is 57.8 cm³/mol. The molecule has 0 spiro atoms. The van der Waals surface area contributed by atoms with Crippen molar-refractivity contribution in [3.63, 3.8) is 0 Å². The van der Waals surface area contributed by atoms with E-state index in [0.717, 1.165) is 13.1 Å². The summed E-state index contributed by atoms with van der Waals surface area (Å²) in [6.07, 6.45) is 1.33. The Labute approximate surface area is 93.6 Å². The number of hydrogen-bond donors (Lipinski definition) is 2. The van der Waals surface area contributed by atoms with Gasteiger partial charge in [-0.3, -0.25) is 9.89 Å². The van der Waals surface area contributed by atoms with E-state index in [4.69, 9.17) is 5.73 Å². The fraction of sp³-hybridized carbons (Fsp3) is 0.667. The molecule has 16 heavy (non-hydrogen) atoms. The molecule has 1 aromatic rings. The van der Waals surface area contributed by atoms with Crippen molar-refractivity contribution in [3.8, 4) is 0 Å². The molecule has 2 rings (SSSR count). The minimum atomic E-state index is -0.124. The first kappa shape index (κ1) is 11.0. The Morgan fingerprint density at radius 2 is 2.50 bits per heavy atom. The number of likely N-dealkylation sites (N-methyl/N-ethyl adjacent to an activating group) is 1. The molecule has 0 saturated carbocycles. The second-order valence-electron chi connectivity index (χ2n) is 3.98. The molecule has 0 radical (unpaired) electrons. The molecule has 1 saturated heterocycles. The van der Waals surface area contributed by atoms with Crippen LogP contribution in [0.15, 0.2) is 6.33 Å². The van der Waals surface area contributed by atoms with Crippen LogP contribution in [0.25, 0.3) is 0 Å². The Morgan fingerprint density at radius 3 is 3.12 bits per heavy atom. The summed E-state index contributed by atoms with van der Waals surface area (Å²) in [4.78, 5) is 19.9. The normalized spacial score (nSPS) is 22.4. The third kappa shape index (κ3) is 2.05. The first-order valence-electron chi connectivity index (χ1n) is 5.27. The number of hydrogen-bond acceptors (Lipinski definition) is 5. The number of nitrogens with two attached hydrogens (primary N) is 1. The smallest absolute Gasteiger partial charge is 0.291 e. The van der Waals surface area contributed by atoms with Gasteiger partial charge in [0.15, 0.2) is 0 Å². The first-order chi connectivity index (χ1) is 7.72. The van der Waals surface area contributed by atoms with Crippen LogP contribution in [0, 0.1) is 0 Å². The summed E-state index contributed by atoms with van der Waals surface area (Å²) in [6, 6.07) is 0.0522. The van der Waals surface area contributed by atoms with Crippen molar-refractivity contribution in [2.24, 2.45) is 5.73 Å². The van der Waals surface area contributed by atoms with E-state index in [1.807, 2.05) is 7.05 Å². The summed E-state index contributed by atoms with van der Waals surface area (Å²) in [7, 11) is 2.03. The second-order valence-corrected chi connectivity index (χ2v) is 3.98. The molecule has 7 nitrogen and oxygen atoms in total. The molecule has 1 fully saturated rings. The standard InChI is InChI=1S/C9H16N6O/c1-14-2-3-15(7(4-10)5-14)9(16)8-11-6-12-13-8/h6-7H,2-5,10H2,1H3,(H,11,12,13). The third-order valence-corrected chi connectivity index (χ3v) is 2.84. The number of amides is 1. The van der Waals surface area contributed by atoms with E-state index in [1.54, 1.807) is 4.90 Å². The number of nitrogens with one attached hydrogen (secondary N) is 1. The predicted octanol–water partition coefficient (Wildman–Crippen LogP) is -1.48. The number of carbonyl (C=O) groups excluding carboxylic acids is 1. The molecule has 7 heteroatoms. The number of rotatable bonds is 2. The van der Waals surface area contributed by atoms with Crippen LogP contribution in [-0.2, 0) is 0 Å². The lowest BCUT2D eigenvalue weighted by Crippen LogP contribution is -2.56. The molecule has 1 atom stereocenters. The van der Waals surface area contributed by atoms with Gasteiger partial charge in [0, 0.05) is 26.2 Å². The van der Waals surface area contributed by atoms with Gasteiger partial charge in [0.2, 0.25) is 5.82 Å². The lowest BCUT2D eigenvalue weighted by atomic mass is 10.1. The van der Waals surface area contributed by atoms with Crippen molar-refractivity contribution < 1.29 is 4.79 Å². The van der Waals surface area contributed by atoms with Gasteiger partial charge in [0.1, 0.15) is 6.33 Å². The fourth-order valence-corrected chi connectivity index (χ4v) is 1.92. The number of nitrogens with zero attached hydrogens (tertiary/aromatic N) is 4. The lowest BCUT2D eigenvalue weighted by Gasteiger charge is -2.38. The zero-order valence-electron chi connectivity index (χ0n) is 9.26. The highest BCUT2D eigenvalue weighted by Gasteiger charge is 2.29. The molecule has 0 bridgehead atoms. The quantitative estimate of drug-likeness (QED) is 0.639. The van der Waals surface area contributed by atoms with Crippen LogP contribution in [-0.4, -0.2) is 70.2 Å². The highest BCUT2D eigenvalue weighted by molar-refractivity contribution is 5.90. The van der Waals surface area contributed by atoms with Gasteiger partial charge in [0.05, 0.1) is 6.04 Å². The summed E-state index contributed by atoms with van der Waals surface area (Å²) >= 11 is 0. The number of piperazine rings is 1. The molecule has 0 aliphatic carbocycles. The topological polar surface area (TPSA) is 91.1 Å². The second kappa shape index (κ2) is 4.58. The highest BCUT2D eigenvalue weighted by atomic mass is 16.2. The average molecular weight is 224 g/mol. The van der Waals surface area contributed by atoms with Crippen molar-refractivity contribution in [3.05, 3.63) is 12.2 Å². The van der Waals surface area contributed by atoms with Gasteiger partial charge in [-0.15, -0.1) is 0 Å². The summed E-state index contributed by atoms with van der Waals surface area (Å²) in [5.74, 6) is 0.157. The van der Waals surface area contributed by atoms with Crippen molar-refractivity contribution in [2.75, 3.05) is 33.2 Å². The van der Waals surface area contributed by atoms with Gasteiger partial charge in [-0.05, 0) is 7.05 Å². The monoisotopic (exact) mass is 224 g/mol. The van der Waals surface area contributed by atoms with Gasteiger partial charge >= 0.3 is 0 Å². The largest absolute Gasteiger partial charge is 0.329 e. The molecule has 2 heterocycles. The van der Waals surface area contributed by atoms with Gasteiger partial charge < -0.3 is 15.5 Å².